The molecular weight excluding hydrogens is 266 g/mol. The minimum Gasteiger partial charge on any atom is -0.481 e. The molecule has 0 aliphatic carbocycles. The third-order valence-electron chi connectivity index (χ3n) is 4.79. The van der Waals surface area contributed by atoms with E-state index in [2.05, 4.69) is 39.9 Å². The number of aliphatic carboxylic acids is 1. The number of hydrogen-bond donors (Lipinski definition) is 2. The molecule has 0 radical (unpaired) electrons. The van der Waals surface area contributed by atoms with Crippen LogP contribution < -0.4 is 5.32 Å². The van der Waals surface area contributed by atoms with Gasteiger partial charge in [0.25, 0.3) is 0 Å². The predicted molar refractivity (Wildman–Crippen MR) is 86.2 cm³/mol. The number of carbonyl (C=O) groups excluding carboxylic acids is 1. The van der Waals surface area contributed by atoms with Crippen LogP contribution in [0, 0.1) is 11.8 Å². The minimum atomic E-state index is -0.742. The van der Waals surface area contributed by atoms with Gasteiger partial charge >= 0.3 is 5.97 Å². The number of hydrogen-bond acceptors (Lipinski definition) is 2. The molecule has 0 bridgehead atoms. The molecule has 2 N–H and O–H groups in total. The van der Waals surface area contributed by atoms with Crippen molar-refractivity contribution in [1.82, 2.24) is 5.32 Å². The van der Waals surface area contributed by atoms with Gasteiger partial charge < -0.3 is 10.4 Å². The second kappa shape index (κ2) is 9.80. The summed E-state index contributed by atoms with van der Waals surface area (Å²) in [7, 11) is 0. The molecule has 0 aliphatic heterocycles. The molecule has 0 saturated heterocycles. The summed E-state index contributed by atoms with van der Waals surface area (Å²) in [6, 6.07) is 0. The van der Waals surface area contributed by atoms with Crippen molar-refractivity contribution in [2.45, 2.75) is 85.1 Å². The summed E-state index contributed by atoms with van der Waals surface area (Å²) in [4.78, 5) is 22.5. The van der Waals surface area contributed by atoms with E-state index >= 15 is 0 Å². The first kappa shape index (κ1) is 19.9. The van der Waals surface area contributed by atoms with Gasteiger partial charge in [-0.15, -0.1) is 0 Å². The van der Waals surface area contributed by atoms with E-state index in [1.807, 2.05) is 0 Å². The maximum atomic E-state index is 12.1. The Labute approximate surface area is 129 Å². The van der Waals surface area contributed by atoms with Crippen molar-refractivity contribution >= 4 is 11.9 Å². The molecule has 4 nitrogen and oxygen atoms in total. The van der Waals surface area contributed by atoms with Gasteiger partial charge in [0, 0.05) is 18.4 Å². The molecule has 4 heteroatoms. The number of nitrogens with one attached hydrogen (secondary N) is 1. The second-order valence-electron chi connectivity index (χ2n) is 6.60. The summed E-state index contributed by atoms with van der Waals surface area (Å²) in [5.74, 6) is 0.211. The van der Waals surface area contributed by atoms with Gasteiger partial charge in [0.05, 0.1) is 0 Å². The quantitative estimate of drug-likeness (QED) is 0.567. The van der Waals surface area contributed by atoms with Crippen LogP contribution in [0.15, 0.2) is 0 Å². The van der Waals surface area contributed by atoms with E-state index in [1.165, 1.54) is 0 Å². The van der Waals surface area contributed by atoms with Crippen molar-refractivity contribution in [2.75, 3.05) is 0 Å². The smallest absolute Gasteiger partial charge is 0.303 e. The molecule has 1 amide bonds. The van der Waals surface area contributed by atoms with Gasteiger partial charge in [0.2, 0.25) is 5.91 Å². The summed E-state index contributed by atoms with van der Waals surface area (Å²) in [5, 5.41) is 11.8. The first-order valence-electron chi connectivity index (χ1n) is 8.26. The fraction of sp³-hybridized carbons (Fsp3) is 0.882. The Bertz CT molecular complexity index is 328. The Morgan fingerprint density at radius 1 is 1.05 bits per heavy atom. The van der Waals surface area contributed by atoms with E-state index in [-0.39, 0.29) is 17.9 Å². The number of carboxylic acid groups (broad SMARTS) is 1. The lowest BCUT2D eigenvalue weighted by atomic mass is 9.76. The summed E-state index contributed by atoms with van der Waals surface area (Å²) >= 11 is 0. The summed E-state index contributed by atoms with van der Waals surface area (Å²) in [5.41, 5.74) is -0.158. The number of unbranched alkanes of at least 4 members (excludes halogenated alkanes) is 3. The molecule has 0 fully saturated rings. The molecule has 0 heterocycles. The number of amides is 1. The molecule has 0 aromatic heterocycles. The molecule has 21 heavy (non-hydrogen) atoms. The molecule has 2 unspecified atom stereocenters. The lowest BCUT2D eigenvalue weighted by molar-refractivity contribution is -0.137. The van der Waals surface area contributed by atoms with Crippen LogP contribution in [0.4, 0.5) is 0 Å². The molecule has 0 spiro atoms. The van der Waals surface area contributed by atoms with Crippen molar-refractivity contribution in [3.05, 3.63) is 0 Å². The van der Waals surface area contributed by atoms with E-state index in [0.717, 1.165) is 25.7 Å². The third-order valence-corrected chi connectivity index (χ3v) is 4.79. The number of carboxylic acids is 1. The average molecular weight is 299 g/mol. The third kappa shape index (κ3) is 7.49. The SMILES string of the molecule is CCC(C)C(C)(NC(=O)CCCCCCC(=O)O)C(C)C. The van der Waals surface area contributed by atoms with E-state index in [1.54, 1.807) is 0 Å². The number of carbonyl (C=O) groups is 2. The normalized spacial score (nSPS) is 15.5. The molecule has 2 atom stereocenters. The highest BCUT2D eigenvalue weighted by Crippen LogP contribution is 2.28. The molecular formula is C17H33NO3. The summed E-state index contributed by atoms with van der Waals surface area (Å²) < 4.78 is 0. The fourth-order valence-electron chi connectivity index (χ4n) is 2.54. The minimum absolute atomic E-state index is 0.115. The lowest BCUT2D eigenvalue weighted by Gasteiger charge is -2.40. The van der Waals surface area contributed by atoms with Crippen LogP contribution in [-0.4, -0.2) is 22.5 Å². The Morgan fingerprint density at radius 3 is 2.00 bits per heavy atom. The maximum absolute atomic E-state index is 12.1. The first-order chi connectivity index (χ1) is 9.74. The van der Waals surface area contributed by atoms with Crippen LogP contribution in [0.1, 0.15) is 79.6 Å². The van der Waals surface area contributed by atoms with Crippen molar-refractivity contribution in [1.29, 1.82) is 0 Å². The van der Waals surface area contributed by atoms with Crippen molar-refractivity contribution in [3.63, 3.8) is 0 Å². The zero-order chi connectivity index (χ0) is 16.5. The van der Waals surface area contributed by atoms with Crippen LogP contribution in [0.5, 0.6) is 0 Å². The Morgan fingerprint density at radius 2 is 1.57 bits per heavy atom. The fourth-order valence-corrected chi connectivity index (χ4v) is 2.54. The standard InChI is InChI=1S/C17H33NO3/c1-6-14(4)17(5,13(2)3)18-15(19)11-9-7-8-10-12-16(20)21/h13-14H,6-12H2,1-5H3,(H,18,19)(H,20,21). The van der Waals surface area contributed by atoms with Gasteiger partial charge in [-0.3, -0.25) is 9.59 Å². The van der Waals surface area contributed by atoms with Gasteiger partial charge in [-0.05, 0) is 31.6 Å². The van der Waals surface area contributed by atoms with Crippen LogP contribution in [0.25, 0.3) is 0 Å². The van der Waals surface area contributed by atoms with Gasteiger partial charge in [-0.1, -0.05) is 47.0 Å². The lowest BCUT2D eigenvalue weighted by Crippen LogP contribution is -2.54. The van der Waals surface area contributed by atoms with Crippen LogP contribution in [0.2, 0.25) is 0 Å². The molecule has 0 aromatic carbocycles. The van der Waals surface area contributed by atoms with Gasteiger partial charge in [0.15, 0.2) is 0 Å². The molecule has 124 valence electrons. The zero-order valence-corrected chi connectivity index (χ0v) is 14.4. The van der Waals surface area contributed by atoms with Crippen molar-refractivity contribution < 1.29 is 14.7 Å². The van der Waals surface area contributed by atoms with Crippen LogP contribution >= 0.6 is 0 Å². The number of rotatable bonds is 11. The highest BCUT2D eigenvalue weighted by Gasteiger charge is 2.34. The highest BCUT2D eigenvalue weighted by molar-refractivity contribution is 5.76. The van der Waals surface area contributed by atoms with Gasteiger partial charge in [-0.2, -0.15) is 0 Å². The van der Waals surface area contributed by atoms with E-state index in [0.29, 0.717) is 24.7 Å². The summed E-state index contributed by atoms with van der Waals surface area (Å²) in [6.07, 6.45) is 5.14. The van der Waals surface area contributed by atoms with Gasteiger partial charge in [-0.25, -0.2) is 0 Å². The van der Waals surface area contributed by atoms with E-state index in [4.69, 9.17) is 5.11 Å². The van der Waals surface area contributed by atoms with Crippen molar-refractivity contribution in [3.8, 4) is 0 Å². The molecule has 0 aliphatic rings. The monoisotopic (exact) mass is 299 g/mol. The molecule has 0 saturated carbocycles. The van der Waals surface area contributed by atoms with Crippen molar-refractivity contribution in [2.24, 2.45) is 11.8 Å². The van der Waals surface area contributed by atoms with Gasteiger partial charge in [0.1, 0.15) is 0 Å². The van der Waals surface area contributed by atoms with E-state index < -0.39 is 5.97 Å². The Hall–Kier alpha value is -1.06. The van der Waals surface area contributed by atoms with E-state index in [9.17, 15) is 9.59 Å². The topological polar surface area (TPSA) is 66.4 Å². The van der Waals surface area contributed by atoms with Crippen LogP contribution in [-0.2, 0) is 9.59 Å². The van der Waals surface area contributed by atoms with Crippen LogP contribution in [0.3, 0.4) is 0 Å². The second-order valence-corrected chi connectivity index (χ2v) is 6.60. The summed E-state index contributed by atoms with van der Waals surface area (Å²) in [6.45, 7) is 10.8. The maximum Gasteiger partial charge on any atom is 0.303 e. The zero-order valence-electron chi connectivity index (χ0n) is 14.4. The molecule has 0 aromatic rings. The average Bonchev–Trinajstić information content (AvgIpc) is 2.40. The first-order valence-corrected chi connectivity index (χ1v) is 8.26. The largest absolute Gasteiger partial charge is 0.481 e. The molecule has 0 rings (SSSR count). The Balaban J connectivity index is 4.08. The predicted octanol–water partition coefficient (Wildman–Crippen LogP) is 3.99. The Kier molecular flexibility index (Phi) is 9.31. The highest BCUT2D eigenvalue weighted by atomic mass is 16.4.